The molecule has 11 heteroatoms. The molecular weight excluding hydrogens is 393 g/mol. The standard InChI is InChI=1S/C15H19F3N4O2S.ClH/c16-15(17,18)25-13-11(4-1-6-21-13)14(24)22-8-2-3-10(9-22)12(23)20-7-5-19;/h1,4,6,10H,2-3,5,7-9,19H2,(H,20,23);1H. The van der Waals surface area contributed by atoms with Crippen molar-refractivity contribution in [1.82, 2.24) is 15.2 Å². The molecule has 0 saturated carbocycles. The van der Waals surface area contributed by atoms with E-state index < -0.39 is 23.2 Å². The normalized spacial score (nSPS) is 17.4. The van der Waals surface area contributed by atoms with E-state index in [1.807, 2.05) is 0 Å². The predicted octanol–water partition coefficient (Wildman–Crippen LogP) is 2.04. The van der Waals surface area contributed by atoms with E-state index in [0.29, 0.717) is 32.5 Å². The molecule has 1 aliphatic heterocycles. The molecule has 1 atom stereocenters. The van der Waals surface area contributed by atoms with Crippen molar-refractivity contribution >= 4 is 36.0 Å². The van der Waals surface area contributed by atoms with Crippen molar-refractivity contribution in [2.45, 2.75) is 23.4 Å². The summed E-state index contributed by atoms with van der Waals surface area (Å²) in [6, 6.07) is 2.74. The fraction of sp³-hybridized carbons (Fsp3) is 0.533. The average Bonchev–Trinajstić information content (AvgIpc) is 2.58. The van der Waals surface area contributed by atoms with E-state index >= 15 is 0 Å². The topological polar surface area (TPSA) is 88.3 Å². The lowest BCUT2D eigenvalue weighted by atomic mass is 9.96. The van der Waals surface area contributed by atoms with Crippen LogP contribution in [0.15, 0.2) is 23.4 Å². The molecule has 1 saturated heterocycles. The van der Waals surface area contributed by atoms with Gasteiger partial charge in [-0.15, -0.1) is 12.4 Å². The minimum Gasteiger partial charge on any atom is -0.355 e. The van der Waals surface area contributed by atoms with E-state index in [4.69, 9.17) is 5.73 Å². The summed E-state index contributed by atoms with van der Waals surface area (Å²) in [6.07, 6.45) is 2.44. The Balaban J connectivity index is 0.00000338. The van der Waals surface area contributed by atoms with Crippen molar-refractivity contribution in [3.8, 4) is 0 Å². The number of carbonyl (C=O) groups is 2. The molecule has 0 radical (unpaired) electrons. The first-order chi connectivity index (χ1) is 11.8. The van der Waals surface area contributed by atoms with E-state index in [1.165, 1.54) is 23.2 Å². The van der Waals surface area contributed by atoms with Gasteiger partial charge < -0.3 is 16.0 Å². The molecule has 2 heterocycles. The Labute approximate surface area is 159 Å². The number of nitrogens with two attached hydrogens (primary N) is 1. The quantitative estimate of drug-likeness (QED) is 0.722. The van der Waals surface area contributed by atoms with Crippen molar-refractivity contribution < 1.29 is 22.8 Å². The van der Waals surface area contributed by atoms with Crippen LogP contribution in [0.4, 0.5) is 13.2 Å². The number of rotatable bonds is 5. The monoisotopic (exact) mass is 412 g/mol. The molecule has 2 rings (SSSR count). The number of likely N-dealkylation sites (tertiary alicyclic amines) is 1. The summed E-state index contributed by atoms with van der Waals surface area (Å²) >= 11 is -0.414. The van der Waals surface area contributed by atoms with Crippen LogP contribution in [0.5, 0.6) is 0 Å². The number of halogens is 4. The molecule has 0 aromatic carbocycles. The summed E-state index contributed by atoms with van der Waals surface area (Å²) in [7, 11) is 0. The van der Waals surface area contributed by atoms with Crippen LogP contribution < -0.4 is 11.1 Å². The van der Waals surface area contributed by atoms with Crippen LogP contribution in [-0.4, -0.2) is 53.4 Å². The predicted molar refractivity (Wildman–Crippen MR) is 94.1 cm³/mol. The fourth-order valence-corrected chi connectivity index (χ4v) is 3.23. The van der Waals surface area contributed by atoms with E-state index in [1.54, 1.807) is 0 Å². The second-order valence-electron chi connectivity index (χ2n) is 5.57. The van der Waals surface area contributed by atoms with Gasteiger partial charge in [0.2, 0.25) is 5.91 Å². The van der Waals surface area contributed by atoms with Gasteiger partial charge in [-0.1, -0.05) is 0 Å². The molecule has 0 aliphatic carbocycles. The molecule has 1 aromatic rings. The van der Waals surface area contributed by atoms with E-state index in [-0.39, 0.29) is 41.4 Å². The van der Waals surface area contributed by atoms with Crippen LogP contribution in [0.2, 0.25) is 0 Å². The van der Waals surface area contributed by atoms with Gasteiger partial charge in [0.15, 0.2) is 0 Å². The largest absolute Gasteiger partial charge is 0.447 e. The zero-order valence-electron chi connectivity index (χ0n) is 13.8. The number of piperidine rings is 1. The third-order valence-corrected chi connectivity index (χ3v) is 4.49. The van der Waals surface area contributed by atoms with E-state index in [9.17, 15) is 22.8 Å². The van der Waals surface area contributed by atoms with Crippen LogP contribution in [0.1, 0.15) is 23.2 Å². The fourth-order valence-electron chi connectivity index (χ4n) is 2.63. The number of aromatic nitrogens is 1. The highest BCUT2D eigenvalue weighted by atomic mass is 35.5. The van der Waals surface area contributed by atoms with Crippen LogP contribution in [0, 0.1) is 5.92 Å². The first kappa shape index (κ1) is 22.5. The maximum absolute atomic E-state index is 12.6. The first-order valence-electron chi connectivity index (χ1n) is 7.79. The molecular formula is C15H20ClF3N4O2S. The third kappa shape index (κ3) is 6.33. The average molecular weight is 413 g/mol. The van der Waals surface area contributed by atoms with Gasteiger partial charge in [0, 0.05) is 44.1 Å². The molecule has 1 aromatic heterocycles. The lowest BCUT2D eigenvalue weighted by Crippen LogP contribution is -2.46. The number of amides is 2. The number of hydrogen-bond acceptors (Lipinski definition) is 5. The van der Waals surface area contributed by atoms with Crippen molar-refractivity contribution in [2.75, 3.05) is 26.2 Å². The number of carbonyl (C=O) groups excluding carboxylic acids is 2. The lowest BCUT2D eigenvalue weighted by Gasteiger charge is -2.32. The molecule has 146 valence electrons. The number of hydrogen-bond donors (Lipinski definition) is 2. The Morgan fingerprint density at radius 2 is 2.15 bits per heavy atom. The minimum absolute atomic E-state index is 0. The molecule has 0 bridgehead atoms. The van der Waals surface area contributed by atoms with Gasteiger partial charge >= 0.3 is 5.51 Å². The summed E-state index contributed by atoms with van der Waals surface area (Å²) in [6.45, 7) is 1.22. The summed E-state index contributed by atoms with van der Waals surface area (Å²) in [5, 5.41) is 2.30. The van der Waals surface area contributed by atoms with Gasteiger partial charge in [0.05, 0.1) is 11.5 Å². The summed E-state index contributed by atoms with van der Waals surface area (Å²) in [4.78, 5) is 29.8. The molecule has 2 amide bonds. The van der Waals surface area contributed by atoms with Crippen LogP contribution in [-0.2, 0) is 4.79 Å². The Morgan fingerprint density at radius 1 is 1.42 bits per heavy atom. The van der Waals surface area contributed by atoms with Gasteiger partial charge in [-0.25, -0.2) is 4.98 Å². The second-order valence-corrected chi connectivity index (χ2v) is 6.63. The van der Waals surface area contributed by atoms with Gasteiger partial charge in [0.25, 0.3) is 5.91 Å². The number of pyridine rings is 1. The van der Waals surface area contributed by atoms with Gasteiger partial charge in [0.1, 0.15) is 5.03 Å². The van der Waals surface area contributed by atoms with Crippen molar-refractivity contribution in [2.24, 2.45) is 11.7 Å². The highest BCUT2D eigenvalue weighted by Crippen LogP contribution is 2.37. The summed E-state index contributed by atoms with van der Waals surface area (Å²) < 4.78 is 37.9. The molecule has 3 N–H and O–H groups in total. The highest BCUT2D eigenvalue weighted by molar-refractivity contribution is 8.00. The summed E-state index contributed by atoms with van der Waals surface area (Å²) in [5.74, 6) is -1.13. The maximum atomic E-state index is 12.6. The van der Waals surface area contributed by atoms with Gasteiger partial charge in [-0.3, -0.25) is 9.59 Å². The number of nitrogens with zero attached hydrogens (tertiary/aromatic N) is 2. The number of nitrogens with one attached hydrogen (secondary N) is 1. The summed E-state index contributed by atoms with van der Waals surface area (Å²) in [5.41, 5.74) is 0.709. The van der Waals surface area contributed by atoms with Gasteiger partial charge in [-0.05, 0) is 25.0 Å². The van der Waals surface area contributed by atoms with Crippen LogP contribution in [0.25, 0.3) is 0 Å². The Morgan fingerprint density at radius 3 is 2.81 bits per heavy atom. The molecule has 1 unspecified atom stereocenters. The SMILES string of the molecule is Cl.NCCNC(=O)C1CCCN(C(=O)c2cccnc2SC(F)(F)F)C1. The van der Waals surface area contributed by atoms with Crippen molar-refractivity contribution in [3.05, 3.63) is 23.9 Å². The van der Waals surface area contributed by atoms with E-state index in [2.05, 4.69) is 10.3 Å². The number of alkyl halides is 3. The van der Waals surface area contributed by atoms with Crippen LogP contribution in [0.3, 0.4) is 0 Å². The molecule has 1 aliphatic rings. The number of thioether (sulfide) groups is 1. The van der Waals surface area contributed by atoms with Crippen LogP contribution >= 0.6 is 24.2 Å². The smallest absolute Gasteiger partial charge is 0.355 e. The Hall–Kier alpha value is -1.52. The van der Waals surface area contributed by atoms with Gasteiger partial charge in [-0.2, -0.15) is 13.2 Å². The Kier molecular flexibility index (Phi) is 8.65. The molecule has 26 heavy (non-hydrogen) atoms. The zero-order valence-corrected chi connectivity index (χ0v) is 15.4. The first-order valence-corrected chi connectivity index (χ1v) is 8.61. The second kappa shape index (κ2) is 9.98. The highest BCUT2D eigenvalue weighted by Gasteiger charge is 2.34. The van der Waals surface area contributed by atoms with Crippen molar-refractivity contribution in [3.63, 3.8) is 0 Å². The lowest BCUT2D eigenvalue weighted by molar-refractivity contribution is -0.126. The Bertz CT molecular complexity index is 633. The molecule has 0 spiro atoms. The van der Waals surface area contributed by atoms with E-state index in [0.717, 1.165) is 0 Å². The zero-order chi connectivity index (χ0) is 18.4. The molecule has 1 fully saturated rings. The van der Waals surface area contributed by atoms with Crippen molar-refractivity contribution in [1.29, 1.82) is 0 Å². The molecule has 6 nitrogen and oxygen atoms in total. The third-order valence-electron chi connectivity index (χ3n) is 3.74. The minimum atomic E-state index is -4.53. The maximum Gasteiger partial charge on any atom is 0.447 e.